The van der Waals surface area contributed by atoms with Gasteiger partial charge in [-0.3, -0.25) is 9.78 Å². The number of nitrogens with one attached hydrogen (secondary N) is 2. The van der Waals surface area contributed by atoms with Crippen LogP contribution in [0.3, 0.4) is 0 Å². The van der Waals surface area contributed by atoms with Gasteiger partial charge in [0.15, 0.2) is 0 Å². The first kappa shape index (κ1) is 15.5. The Morgan fingerprint density at radius 2 is 1.96 bits per heavy atom. The van der Waals surface area contributed by atoms with Crippen molar-refractivity contribution in [2.24, 2.45) is 0 Å². The predicted molar refractivity (Wildman–Crippen MR) is 97.7 cm³/mol. The third-order valence-electron chi connectivity index (χ3n) is 3.47. The Balaban J connectivity index is 1.69. The van der Waals surface area contributed by atoms with Crippen molar-refractivity contribution in [1.29, 1.82) is 0 Å². The second-order valence-electron chi connectivity index (χ2n) is 5.27. The van der Waals surface area contributed by atoms with Gasteiger partial charge in [-0.05, 0) is 52.7 Å². The molecule has 1 aromatic heterocycles. The molecule has 0 aliphatic carbocycles. The molecule has 0 atom stereocenters. The van der Waals surface area contributed by atoms with Crippen LogP contribution in [0.25, 0.3) is 10.9 Å². The molecule has 0 radical (unpaired) electrons. The molecule has 3 aromatic rings. The number of anilines is 2. The fraction of sp³-hybridized carbons (Fsp3) is 0.111. The molecule has 23 heavy (non-hydrogen) atoms. The molecular formula is C18H16BrN3O. The zero-order valence-electron chi connectivity index (χ0n) is 12.6. The van der Waals surface area contributed by atoms with Crippen molar-refractivity contribution in [3.63, 3.8) is 0 Å². The lowest BCUT2D eigenvalue weighted by Gasteiger charge is -2.11. The molecule has 0 aliphatic rings. The number of carbonyl (C=O) groups is 1. The Labute approximate surface area is 143 Å². The molecule has 2 N–H and O–H groups in total. The minimum atomic E-state index is -0.115. The van der Waals surface area contributed by atoms with E-state index in [1.165, 1.54) is 0 Å². The second kappa shape index (κ2) is 6.79. The van der Waals surface area contributed by atoms with E-state index in [1.54, 1.807) is 6.20 Å². The normalized spacial score (nSPS) is 10.5. The van der Waals surface area contributed by atoms with Gasteiger partial charge in [0.1, 0.15) is 0 Å². The number of hydrogen-bond acceptors (Lipinski definition) is 3. The van der Waals surface area contributed by atoms with Crippen molar-refractivity contribution in [3.05, 3.63) is 64.8 Å². The van der Waals surface area contributed by atoms with Crippen LogP contribution in [0.1, 0.15) is 5.56 Å². The van der Waals surface area contributed by atoms with Crippen LogP contribution in [0, 0.1) is 6.92 Å². The number of aromatic nitrogens is 1. The van der Waals surface area contributed by atoms with Gasteiger partial charge in [0.2, 0.25) is 5.91 Å². The van der Waals surface area contributed by atoms with Crippen molar-refractivity contribution in [3.8, 4) is 0 Å². The summed E-state index contributed by atoms with van der Waals surface area (Å²) in [5.74, 6) is -0.115. The number of carbonyl (C=O) groups excluding carboxylic acids is 1. The van der Waals surface area contributed by atoms with Gasteiger partial charge in [-0.2, -0.15) is 0 Å². The zero-order valence-corrected chi connectivity index (χ0v) is 14.2. The fourth-order valence-electron chi connectivity index (χ4n) is 2.34. The fourth-order valence-corrected chi connectivity index (χ4v) is 2.97. The maximum absolute atomic E-state index is 12.2. The number of nitrogens with zero attached hydrogens (tertiary/aromatic N) is 1. The highest BCUT2D eigenvalue weighted by Gasteiger charge is 2.07. The molecule has 1 heterocycles. The van der Waals surface area contributed by atoms with E-state index in [1.807, 2.05) is 55.5 Å². The molecule has 4 nitrogen and oxygen atoms in total. The molecule has 0 unspecified atom stereocenters. The zero-order chi connectivity index (χ0) is 16.2. The Bertz CT molecular complexity index is 859. The smallest absolute Gasteiger partial charge is 0.243 e. The van der Waals surface area contributed by atoms with Crippen LogP contribution >= 0.6 is 15.9 Å². The predicted octanol–water partition coefficient (Wildman–Crippen LogP) is 4.36. The highest BCUT2D eigenvalue weighted by Crippen LogP contribution is 2.23. The lowest BCUT2D eigenvalue weighted by atomic mass is 10.2. The Kier molecular flexibility index (Phi) is 4.57. The van der Waals surface area contributed by atoms with E-state index < -0.39 is 0 Å². The summed E-state index contributed by atoms with van der Waals surface area (Å²) in [5, 5.41) is 7.04. The summed E-state index contributed by atoms with van der Waals surface area (Å²) in [7, 11) is 0. The first-order valence-corrected chi connectivity index (χ1v) is 8.06. The molecule has 116 valence electrons. The number of hydrogen-bond donors (Lipinski definition) is 2. The summed E-state index contributed by atoms with van der Waals surface area (Å²) < 4.78 is 0.942. The number of rotatable bonds is 4. The molecule has 0 saturated heterocycles. The van der Waals surface area contributed by atoms with Crippen molar-refractivity contribution in [1.82, 2.24) is 4.98 Å². The number of aryl methyl sites for hydroxylation is 1. The number of halogens is 1. The van der Waals surface area contributed by atoms with Gasteiger partial charge in [0, 0.05) is 21.7 Å². The highest BCUT2D eigenvalue weighted by atomic mass is 79.9. The number of amides is 1. The topological polar surface area (TPSA) is 54.0 Å². The molecule has 0 bridgehead atoms. The van der Waals surface area contributed by atoms with Gasteiger partial charge >= 0.3 is 0 Å². The monoisotopic (exact) mass is 369 g/mol. The lowest BCUT2D eigenvalue weighted by molar-refractivity contribution is -0.114. The standard InChI is InChI=1S/C18H16BrN3O/c1-12-7-8-15(14(19)10-12)21-11-17(23)22-16-6-2-4-13-5-3-9-20-18(13)16/h2-10,21H,11H2,1H3,(H,22,23). The van der Waals surface area contributed by atoms with E-state index in [9.17, 15) is 4.79 Å². The van der Waals surface area contributed by atoms with Crippen LogP contribution in [0.4, 0.5) is 11.4 Å². The van der Waals surface area contributed by atoms with E-state index in [0.29, 0.717) is 0 Å². The van der Waals surface area contributed by atoms with Gasteiger partial charge in [-0.25, -0.2) is 0 Å². The van der Waals surface area contributed by atoms with Crippen LogP contribution in [-0.2, 0) is 4.79 Å². The van der Waals surface area contributed by atoms with E-state index in [0.717, 1.165) is 32.3 Å². The molecule has 0 saturated carbocycles. The molecule has 0 fully saturated rings. The molecular weight excluding hydrogens is 354 g/mol. The molecule has 5 heteroatoms. The number of benzene rings is 2. The molecule has 3 rings (SSSR count). The van der Waals surface area contributed by atoms with Crippen LogP contribution < -0.4 is 10.6 Å². The quantitative estimate of drug-likeness (QED) is 0.718. The van der Waals surface area contributed by atoms with Gasteiger partial charge in [-0.1, -0.05) is 24.3 Å². The number of fused-ring (bicyclic) bond motifs is 1. The van der Waals surface area contributed by atoms with Gasteiger partial charge in [0.25, 0.3) is 0 Å². The first-order chi connectivity index (χ1) is 11.1. The summed E-state index contributed by atoms with van der Waals surface area (Å²) in [4.78, 5) is 16.5. The van der Waals surface area contributed by atoms with Crippen LogP contribution in [0.15, 0.2) is 59.2 Å². The second-order valence-corrected chi connectivity index (χ2v) is 6.12. The Hall–Kier alpha value is -2.40. The SMILES string of the molecule is Cc1ccc(NCC(=O)Nc2cccc3cccnc23)c(Br)c1. The summed E-state index contributed by atoms with van der Waals surface area (Å²) >= 11 is 3.49. The molecule has 1 amide bonds. The Morgan fingerprint density at radius 3 is 2.78 bits per heavy atom. The maximum Gasteiger partial charge on any atom is 0.243 e. The molecule has 0 aliphatic heterocycles. The largest absolute Gasteiger partial charge is 0.375 e. The van der Waals surface area contributed by atoms with Gasteiger partial charge < -0.3 is 10.6 Å². The summed E-state index contributed by atoms with van der Waals surface area (Å²) in [5.41, 5.74) is 3.56. The summed E-state index contributed by atoms with van der Waals surface area (Å²) in [6.07, 6.45) is 1.72. The Morgan fingerprint density at radius 1 is 1.13 bits per heavy atom. The van der Waals surface area contributed by atoms with Crippen molar-refractivity contribution < 1.29 is 4.79 Å². The van der Waals surface area contributed by atoms with E-state index >= 15 is 0 Å². The summed E-state index contributed by atoms with van der Waals surface area (Å²) in [6, 6.07) is 15.5. The number of pyridine rings is 1. The average Bonchev–Trinajstić information content (AvgIpc) is 2.54. The van der Waals surface area contributed by atoms with E-state index in [-0.39, 0.29) is 12.5 Å². The molecule has 2 aromatic carbocycles. The third-order valence-corrected chi connectivity index (χ3v) is 4.13. The van der Waals surface area contributed by atoms with Crippen LogP contribution in [0.2, 0.25) is 0 Å². The summed E-state index contributed by atoms with van der Waals surface area (Å²) in [6.45, 7) is 2.21. The minimum absolute atomic E-state index is 0.115. The minimum Gasteiger partial charge on any atom is -0.375 e. The highest BCUT2D eigenvalue weighted by molar-refractivity contribution is 9.10. The van der Waals surface area contributed by atoms with Crippen molar-refractivity contribution in [2.75, 3.05) is 17.2 Å². The first-order valence-electron chi connectivity index (χ1n) is 7.27. The van der Waals surface area contributed by atoms with Gasteiger partial charge in [0.05, 0.1) is 17.7 Å². The lowest BCUT2D eigenvalue weighted by Crippen LogP contribution is -2.22. The van der Waals surface area contributed by atoms with Crippen molar-refractivity contribution >= 4 is 44.1 Å². The number of para-hydroxylation sites is 1. The average molecular weight is 370 g/mol. The van der Waals surface area contributed by atoms with E-state index in [2.05, 4.69) is 31.5 Å². The third kappa shape index (κ3) is 3.68. The molecule has 0 spiro atoms. The van der Waals surface area contributed by atoms with Crippen LogP contribution in [0.5, 0.6) is 0 Å². The van der Waals surface area contributed by atoms with Crippen LogP contribution in [-0.4, -0.2) is 17.4 Å². The maximum atomic E-state index is 12.2. The van der Waals surface area contributed by atoms with Crippen molar-refractivity contribution in [2.45, 2.75) is 6.92 Å². The van der Waals surface area contributed by atoms with E-state index in [4.69, 9.17) is 0 Å². The van der Waals surface area contributed by atoms with Gasteiger partial charge in [-0.15, -0.1) is 0 Å².